The molecule has 1 saturated carbocycles. The third kappa shape index (κ3) is 3.98. The molecule has 1 fully saturated rings. The summed E-state index contributed by atoms with van der Waals surface area (Å²) < 4.78 is 54.4. The first-order chi connectivity index (χ1) is 15.7. The van der Waals surface area contributed by atoms with Gasteiger partial charge < -0.3 is 0 Å². The largest absolute Gasteiger partial charge is 0.222 e. The zero-order valence-electron chi connectivity index (χ0n) is 18.4. The van der Waals surface area contributed by atoms with Crippen LogP contribution in [0, 0.1) is 5.92 Å². The van der Waals surface area contributed by atoms with E-state index >= 15 is 0 Å². The van der Waals surface area contributed by atoms with Gasteiger partial charge in [-0.3, -0.25) is 0 Å². The Labute approximate surface area is 196 Å². The molecule has 1 atom stereocenters. The van der Waals surface area contributed by atoms with Crippen molar-refractivity contribution in [3.8, 4) is 0 Å². The van der Waals surface area contributed by atoms with Crippen molar-refractivity contribution in [1.82, 2.24) is 0 Å². The lowest BCUT2D eigenvalue weighted by Crippen LogP contribution is -2.44. The van der Waals surface area contributed by atoms with Gasteiger partial charge in [0.2, 0.25) is 0 Å². The zero-order valence-corrected chi connectivity index (χ0v) is 20.0. The summed E-state index contributed by atoms with van der Waals surface area (Å²) in [6, 6.07) is 25.3. The molecule has 6 heteroatoms. The number of rotatable bonds is 6. The molecule has 0 aliphatic heterocycles. The molecule has 3 aromatic rings. The second-order valence-electron chi connectivity index (χ2n) is 8.45. The third-order valence-electron chi connectivity index (χ3n) is 6.27. The number of benzene rings is 3. The molecule has 1 aliphatic carbocycles. The molecule has 3 aromatic carbocycles. The molecular formula is C27H26O4S2. The molecule has 0 saturated heterocycles. The van der Waals surface area contributed by atoms with Gasteiger partial charge in [0.05, 0.1) is 9.79 Å². The Balaban J connectivity index is 1.98. The molecule has 0 aromatic heterocycles. The van der Waals surface area contributed by atoms with Gasteiger partial charge in [-0.05, 0) is 43.2 Å². The molecule has 170 valence electrons. The lowest BCUT2D eigenvalue weighted by Gasteiger charge is -2.29. The van der Waals surface area contributed by atoms with Crippen molar-refractivity contribution in [2.75, 3.05) is 0 Å². The molecule has 0 heterocycles. The molecule has 1 unspecified atom stereocenters. The van der Waals surface area contributed by atoms with E-state index in [1.165, 1.54) is 24.3 Å². The van der Waals surface area contributed by atoms with Crippen LogP contribution in [0.1, 0.15) is 25.3 Å². The van der Waals surface area contributed by atoms with E-state index in [1.54, 1.807) is 36.4 Å². The third-order valence-corrected chi connectivity index (χ3v) is 12.0. The molecule has 0 spiro atoms. The molecule has 0 bridgehead atoms. The van der Waals surface area contributed by atoms with Gasteiger partial charge in [-0.25, -0.2) is 16.8 Å². The fraction of sp³-hybridized carbons (Fsp3) is 0.185. The monoisotopic (exact) mass is 478 g/mol. The Bertz CT molecular complexity index is 1320. The smallest absolute Gasteiger partial charge is 0.199 e. The molecule has 4 nitrogen and oxygen atoms in total. The highest BCUT2D eigenvalue weighted by atomic mass is 32.3. The van der Waals surface area contributed by atoms with Crippen LogP contribution in [0.15, 0.2) is 119 Å². The van der Waals surface area contributed by atoms with Crippen LogP contribution in [0.5, 0.6) is 0 Å². The van der Waals surface area contributed by atoms with Crippen molar-refractivity contribution in [3.05, 3.63) is 114 Å². The first-order valence-corrected chi connectivity index (χ1v) is 13.7. The van der Waals surface area contributed by atoms with Crippen molar-refractivity contribution >= 4 is 25.8 Å². The van der Waals surface area contributed by atoms with Gasteiger partial charge in [0.1, 0.15) is 0 Å². The maximum atomic E-state index is 14.1. The van der Waals surface area contributed by atoms with Crippen molar-refractivity contribution in [2.24, 2.45) is 5.92 Å². The molecule has 0 radical (unpaired) electrons. The van der Waals surface area contributed by atoms with Crippen LogP contribution in [-0.2, 0) is 19.7 Å². The normalized spacial score (nSPS) is 19.4. The highest BCUT2D eigenvalue weighted by Crippen LogP contribution is 2.53. The minimum atomic E-state index is -4.27. The first kappa shape index (κ1) is 23.2. The molecule has 0 amide bonds. The van der Waals surface area contributed by atoms with Crippen LogP contribution >= 0.6 is 0 Å². The molecule has 4 rings (SSSR count). The summed E-state index contributed by atoms with van der Waals surface area (Å²) in [6.45, 7) is 5.90. The van der Waals surface area contributed by atoms with Gasteiger partial charge >= 0.3 is 0 Å². The van der Waals surface area contributed by atoms with E-state index in [-0.39, 0.29) is 28.6 Å². The summed E-state index contributed by atoms with van der Waals surface area (Å²) in [5.41, 5.74) is 2.39. The molecular weight excluding hydrogens is 452 g/mol. The quantitative estimate of drug-likeness (QED) is 0.426. The SMILES string of the molecule is C=C(C)C1CC(S(=O)(=O)c2ccccc2)(S(=O)(=O)c2ccccc2)C/C1=C/c1ccccc1. The maximum Gasteiger partial charge on any atom is 0.199 e. The predicted molar refractivity (Wildman–Crippen MR) is 132 cm³/mol. The minimum absolute atomic E-state index is 0.00549. The summed E-state index contributed by atoms with van der Waals surface area (Å²) >= 11 is 0. The van der Waals surface area contributed by atoms with E-state index in [4.69, 9.17) is 0 Å². The van der Waals surface area contributed by atoms with Crippen LogP contribution in [0.25, 0.3) is 6.08 Å². The summed E-state index contributed by atoms with van der Waals surface area (Å²) in [6.07, 6.45) is 1.71. The minimum Gasteiger partial charge on any atom is -0.222 e. The summed E-state index contributed by atoms with van der Waals surface area (Å²) in [4.78, 5) is 0.0110. The van der Waals surface area contributed by atoms with Crippen LogP contribution in [0.2, 0.25) is 0 Å². The predicted octanol–water partition coefficient (Wildman–Crippen LogP) is 5.70. The summed E-state index contributed by atoms with van der Waals surface area (Å²) in [7, 11) is -8.54. The second-order valence-corrected chi connectivity index (χ2v) is 13.2. The van der Waals surface area contributed by atoms with Crippen LogP contribution in [0.3, 0.4) is 0 Å². The van der Waals surface area contributed by atoms with Gasteiger partial charge in [-0.2, -0.15) is 0 Å². The fourth-order valence-electron chi connectivity index (χ4n) is 4.54. The fourth-order valence-corrected chi connectivity index (χ4v) is 9.65. The number of hydrogen-bond acceptors (Lipinski definition) is 4. The zero-order chi connectivity index (χ0) is 23.7. The van der Waals surface area contributed by atoms with E-state index in [0.717, 1.165) is 16.7 Å². The molecule has 1 aliphatic rings. The highest BCUT2D eigenvalue weighted by Gasteiger charge is 2.61. The highest BCUT2D eigenvalue weighted by molar-refractivity contribution is 8.10. The lowest BCUT2D eigenvalue weighted by molar-refractivity contribution is 0.533. The average molecular weight is 479 g/mol. The Morgan fingerprint density at radius 1 is 0.788 bits per heavy atom. The van der Waals surface area contributed by atoms with Gasteiger partial charge in [0.15, 0.2) is 23.8 Å². The van der Waals surface area contributed by atoms with Gasteiger partial charge in [-0.1, -0.05) is 90.5 Å². The Morgan fingerprint density at radius 2 is 1.21 bits per heavy atom. The van der Waals surface area contributed by atoms with Crippen molar-refractivity contribution in [3.63, 3.8) is 0 Å². The summed E-state index contributed by atoms with van der Waals surface area (Å²) in [5.74, 6) is -0.373. The average Bonchev–Trinajstić information content (AvgIpc) is 3.23. The van der Waals surface area contributed by atoms with E-state index in [1.807, 2.05) is 43.3 Å². The van der Waals surface area contributed by atoms with Gasteiger partial charge in [-0.15, -0.1) is 0 Å². The van der Waals surface area contributed by atoms with Gasteiger partial charge in [0.25, 0.3) is 0 Å². The van der Waals surface area contributed by atoms with Crippen molar-refractivity contribution in [2.45, 2.75) is 33.6 Å². The number of sulfone groups is 2. The molecule has 33 heavy (non-hydrogen) atoms. The lowest BCUT2D eigenvalue weighted by atomic mass is 9.94. The maximum absolute atomic E-state index is 14.1. The number of allylic oxidation sites excluding steroid dienone is 2. The van der Waals surface area contributed by atoms with Crippen LogP contribution < -0.4 is 0 Å². The van der Waals surface area contributed by atoms with Crippen molar-refractivity contribution in [1.29, 1.82) is 0 Å². The number of hydrogen-bond donors (Lipinski definition) is 0. The Hall–Kier alpha value is -2.96. The van der Waals surface area contributed by atoms with Crippen LogP contribution in [0.4, 0.5) is 0 Å². The van der Waals surface area contributed by atoms with E-state index in [2.05, 4.69) is 6.58 Å². The van der Waals surface area contributed by atoms with E-state index in [0.29, 0.717) is 0 Å². The van der Waals surface area contributed by atoms with E-state index < -0.39 is 23.8 Å². The Kier molecular flexibility index (Phi) is 6.16. The van der Waals surface area contributed by atoms with Crippen LogP contribution in [-0.4, -0.2) is 20.9 Å². The van der Waals surface area contributed by atoms with E-state index in [9.17, 15) is 16.8 Å². The summed E-state index contributed by atoms with van der Waals surface area (Å²) in [5, 5.41) is 0. The molecule has 0 N–H and O–H groups in total. The second kappa shape index (κ2) is 8.76. The van der Waals surface area contributed by atoms with Gasteiger partial charge in [0, 0.05) is 12.3 Å². The van der Waals surface area contributed by atoms with Crippen molar-refractivity contribution < 1.29 is 16.8 Å². The standard InChI is InChI=1S/C27H26O4S2/c1-21(2)26-20-27(32(28,29)24-14-8-4-9-15-24,33(30,31)25-16-10-5-11-17-25)19-23(26)18-22-12-6-3-7-13-22/h3-18,26H,1,19-20H2,2H3/b23-18-. The topological polar surface area (TPSA) is 68.3 Å². The Morgan fingerprint density at radius 3 is 1.64 bits per heavy atom. The first-order valence-electron chi connectivity index (χ1n) is 10.7.